The first-order valence-corrected chi connectivity index (χ1v) is 6.31. The highest BCUT2D eigenvalue weighted by Gasteiger charge is 2.45. The number of rotatable bonds is 8. The second-order valence-corrected chi connectivity index (χ2v) is 5.04. The van der Waals surface area contributed by atoms with Gasteiger partial charge >= 0.3 is 0 Å². The van der Waals surface area contributed by atoms with Crippen LogP contribution >= 0.6 is 24.8 Å². The zero-order valence-electron chi connectivity index (χ0n) is 12.0. The fourth-order valence-corrected chi connectivity index (χ4v) is 1.63. The van der Waals surface area contributed by atoms with Crippen molar-refractivity contribution >= 4 is 30.7 Å². The van der Waals surface area contributed by atoms with Crippen LogP contribution in [0.5, 0.6) is 0 Å². The van der Waals surface area contributed by atoms with Crippen molar-refractivity contribution in [2.45, 2.75) is 37.8 Å². The molecule has 0 bridgehead atoms. The van der Waals surface area contributed by atoms with Crippen molar-refractivity contribution in [2.75, 3.05) is 33.8 Å². The molecule has 0 aromatic carbocycles. The molecule has 1 aliphatic carbocycles. The lowest BCUT2D eigenvalue weighted by atomic mass is 10.2. The van der Waals surface area contributed by atoms with Crippen LogP contribution in [0.4, 0.5) is 0 Å². The van der Waals surface area contributed by atoms with E-state index in [1.165, 1.54) is 0 Å². The molecule has 5 nitrogen and oxygen atoms in total. The Morgan fingerprint density at radius 2 is 2.00 bits per heavy atom. The van der Waals surface area contributed by atoms with Crippen molar-refractivity contribution in [3.05, 3.63) is 0 Å². The maximum Gasteiger partial charge on any atom is 0.240 e. The monoisotopic (exact) mass is 315 g/mol. The van der Waals surface area contributed by atoms with E-state index in [-0.39, 0.29) is 36.8 Å². The molecule has 116 valence electrons. The first kappa shape index (κ1) is 21.2. The van der Waals surface area contributed by atoms with E-state index in [1.54, 1.807) is 0 Å². The predicted octanol–water partition coefficient (Wildman–Crippen LogP) is 0.794. The summed E-state index contributed by atoms with van der Waals surface area (Å²) in [7, 11) is 4.06. The second-order valence-electron chi connectivity index (χ2n) is 5.04. The molecule has 7 heteroatoms. The Bertz CT molecular complexity index is 261. The summed E-state index contributed by atoms with van der Waals surface area (Å²) in [6.07, 6.45) is 2.60. The Morgan fingerprint density at radius 3 is 2.42 bits per heavy atom. The SMILES string of the molecule is CCOC(CCN(C)C)CNC(=O)C1(N)CC1.Cl.Cl. The molecule has 1 aliphatic rings. The van der Waals surface area contributed by atoms with Crippen LogP contribution in [0.3, 0.4) is 0 Å². The van der Waals surface area contributed by atoms with E-state index in [9.17, 15) is 4.79 Å². The summed E-state index contributed by atoms with van der Waals surface area (Å²) in [5.74, 6) is -0.0351. The van der Waals surface area contributed by atoms with Crippen molar-refractivity contribution in [2.24, 2.45) is 5.73 Å². The fraction of sp³-hybridized carbons (Fsp3) is 0.917. The first-order chi connectivity index (χ1) is 7.98. The minimum absolute atomic E-state index is 0. The lowest BCUT2D eigenvalue weighted by molar-refractivity contribution is -0.124. The van der Waals surface area contributed by atoms with Crippen LogP contribution in [-0.2, 0) is 9.53 Å². The van der Waals surface area contributed by atoms with Gasteiger partial charge in [-0.2, -0.15) is 0 Å². The molecule has 19 heavy (non-hydrogen) atoms. The van der Waals surface area contributed by atoms with Gasteiger partial charge in [0.25, 0.3) is 0 Å². The smallest absolute Gasteiger partial charge is 0.240 e. The van der Waals surface area contributed by atoms with Crippen LogP contribution < -0.4 is 11.1 Å². The lowest BCUT2D eigenvalue weighted by Crippen LogP contribution is -2.46. The average Bonchev–Trinajstić information content (AvgIpc) is 3.01. The number of nitrogens with zero attached hydrogens (tertiary/aromatic N) is 1. The summed E-state index contributed by atoms with van der Waals surface area (Å²) in [6, 6.07) is 0. The van der Waals surface area contributed by atoms with Crippen molar-refractivity contribution in [1.82, 2.24) is 10.2 Å². The number of nitrogens with one attached hydrogen (secondary N) is 1. The molecule has 0 radical (unpaired) electrons. The van der Waals surface area contributed by atoms with Crippen molar-refractivity contribution in [1.29, 1.82) is 0 Å². The summed E-state index contributed by atoms with van der Waals surface area (Å²) < 4.78 is 5.59. The molecular formula is C12H27Cl2N3O2. The van der Waals surface area contributed by atoms with Crippen LogP contribution in [0.1, 0.15) is 26.2 Å². The molecule has 0 heterocycles. The highest BCUT2D eigenvalue weighted by Crippen LogP contribution is 2.32. The molecule has 0 spiro atoms. The predicted molar refractivity (Wildman–Crippen MR) is 82.2 cm³/mol. The summed E-state index contributed by atoms with van der Waals surface area (Å²) in [4.78, 5) is 13.8. The minimum atomic E-state index is -0.585. The third kappa shape index (κ3) is 7.95. The van der Waals surface area contributed by atoms with E-state index >= 15 is 0 Å². The Kier molecular flexibility index (Phi) is 10.9. The first-order valence-electron chi connectivity index (χ1n) is 6.31. The van der Waals surface area contributed by atoms with E-state index in [0.29, 0.717) is 13.2 Å². The van der Waals surface area contributed by atoms with E-state index in [4.69, 9.17) is 10.5 Å². The molecule has 1 atom stereocenters. The molecular weight excluding hydrogens is 289 g/mol. The molecule has 0 saturated heterocycles. The summed E-state index contributed by atoms with van der Waals surface area (Å²) in [5.41, 5.74) is 5.23. The van der Waals surface area contributed by atoms with Gasteiger partial charge in [0.15, 0.2) is 0 Å². The zero-order chi connectivity index (χ0) is 12.9. The van der Waals surface area contributed by atoms with Crippen LogP contribution in [0, 0.1) is 0 Å². The van der Waals surface area contributed by atoms with E-state index < -0.39 is 5.54 Å². The van der Waals surface area contributed by atoms with Gasteiger partial charge in [0.1, 0.15) is 0 Å². The third-order valence-corrected chi connectivity index (χ3v) is 3.03. The maximum absolute atomic E-state index is 11.7. The maximum atomic E-state index is 11.7. The number of nitrogens with two attached hydrogens (primary N) is 1. The summed E-state index contributed by atoms with van der Waals surface area (Å²) in [6.45, 7) is 4.14. The van der Waals surface area contributed by atoms with Gasteiger partial charge in [0.2, 0.25) is 5.91 Å². The highest BCUT2D eigenvalue weighted by molar-refractivity contribution is 5.88. The normalized spacial score (nSPS) is 17.1. The number of halogens is 2. The van der Waals surface area contributed by atoms with Gasteiger partial charge in [-0.3, -0.25) is 4.79 Å². The Hall–Kier alpha value is -0.0700. The van der Waals surface area contributed by atoms with E-state index in [1.807, 2.05) is 21.0 Å². The minimum Gasteiger partial charge on any atom is -0.377 e. The molecule has 0 aliphatic heterocycles. The van der Waals surface area contributed by atoms with Gasteiger partial charge in [-0.1, -0.05) is 0 Å². The topological polar surface area (TPSA) is 67.6 Å². The molecule has 0 aromatic heterocycles. The quantitative estimate of drug-likeness (QED) is 0.695. The largest absolute Gasteiger partial charge is 0.377 e. The average molecular weight is 316 g/mol. The molecule has 3 N–H and O–H groups in total. The standard InChI is InChI=1S/C12H25N3O2.2ClH/c1-4-17-10(5-8-15(2)3)9-14-11(16)12(13)6-7-12;;/h10H,4-9,13H2,1-3H3,(H,14,16);2*1H. The number of carbonyl (C=O) groups excluding carboxylic acids is 1. The number of amides is 1. The molecule has 1 unspecified atom stereocenters. The number of carbonyl (C=O) groups is 1. The van der Waals surface area contributed by atoms with E-state index in [2.05, 4.69) is 10.2 Å². The van der Waals surface area contributed by atoms with Crippen molar-refractivity contribution < 1.29 is 9.53 Å². The van der Waals surface area contributed by atoms with Crippen LogP contribution in [0.2, 0.25) is 0 Å². The summed E-state index contributed by atoms with van der Waals surface area (Å²) in [5, 5.41) is 2.89. The Morgan fingerprint density at radius 1 is 1.42 bits per heavy atom. The summed E-state index contributed by atoms with van der Waals surface area (Å²) >= 11 is 0. The van der Waals surface area contributed by atoms with Gasteiger partial charge in [0, 0.05) is 19.7 Å². The Labute approximate surface area is 128 Å². The number of hydrogen-bond acceptors (Lipinski definition) is 4. The molecule has 1 rings (SSSR count). The Balaban J connectivity index is 0. The highest BCUT2D eigenvalue weighted by atomic mass is 35.5. The molecule has 1 saturated carbocycles. The number of ether oxygens (including phenoxy) is 1. The van der Waals surface area contributed by atoms with Gasteiger partial charge in [-0.15, -0.1) is 24.8 Å². The fourth-order valence-electron chi connectivity index (χ4n) is 1.63. The van der Waals surface area contributed by atoms with E-state index in [0.717, 1.165) is 25.8 Å². The third-order valence-electron chi connectivity index (χ3n) is 3.03. The van der Waals surface area contributed by atoms with Crippen LogP contribution in [0.25, 0.3) is 0 Å². The van der Waals surface area contributed by atoms with Gasteiger partial charge in [0.05, 0.1) is 11.6 Å². The lowest BCUT2D eigenvalue weighted by Gasteiger charge is -2.20. The van der Waals surface area contributed by atoms with Crippen LogP contribution in [-0.4, -0.2) is 56.2 Å². The van der Waals surface area contributed by atoms with Crippen LogP contribution in [0.15, 0.2) is 0 Å². The van der Waals surface area contributed by atoms with Gasteiger partial charge in [-0.05, 0) is 40.3 Å². The molecule has 1 fully saturated rings. The second kappa shape index (κ2) is 9.77. The molecule has 0 aromatic rings. The number of hydrogen-bond donors (Lipinski definition) is 2. The van der Waals surface area contributed by atoms with Gasteiger partial charge in [-0.25, -0.2) is 0 Å². The van der Waals surface area contributed by atoms with Crippen molar-refractivity contribution in [3.63, 3.8) is 0 Å². The molecule has 1 amide bonds. The van der Waals surface area contributed by atoms with Crippen molar-refractivity contribution in [3.8, 4) is 0 Å². The van der Waals surface area contributed by atoms with Gasteiger partial charge < -0.3 is 20.7 Å². The zero-order valence-corrected chi connectivity index (χ0v) is 13.6.